The number of benzene rings is 2. The first-order chi connectivity index (χ1) is 12.7. The van der Waals surface area contributed by atoms with Gasteiger partial charge in [0.15, 0.2) is 0 Å². The highest BCUT2D eigenvalue weighted by atomic mass is 16.3. The minimum absolute atomic E-state index is 0.423. The Kier molecular flexibility index (Phi) is 4.37. The van der Waals surface area contributed by atoms with Gasteiger partial charge in [0, 0.05) is 30.6 Å². The van der Waals surface area contributed by atoms with E-state index in [1.165, 1.54) is 0 Å². The topological polar surface area (TPSA) is 55.9 Å². The van der Waals surface area contributed by atoms with Crippen molar-refractivity contribution in [2.45, 2.75) is 12.6 Å². The van der Waals surface area contributed by atoms with E-state index < -0.39 is 6.10 Å². The van der Waals surface area contributed by atoms with Crippen LogP contribution in [0.25, 0.3) is 22.4 Å². The third-order valence-corrected chi connectivity index (χ3v) is 4.38. The van der Waals surface area contributed by atoms with Gasteiger partial charge in [0.05, 0.1) is 24.5 Å². The first kappa shape index (κ1) is 16.3. The van der Waals surface area contributed by atoms with Crippen LogP contribution in [0.4, 0.5) is 0 Å². The Morgan fingerprint density at radius 1 is 0.962 bits per heavy atom. The van der Waals surface area contributed by atoms with E-state index in [-0.39, 0.29) is 0 Å². The Labute approximate surface area is 152 Å². The van der Waals surface area contributed by atoms with E-state index in [4.69, 9.17) is 0 Å². The van der Waals surface area contributed by atoms with Crippen LogP contribution in [0.2, 0.25) is 0 Å². The van der Waals surface area contributed by atoms with Crippen molar-refractivity contribution in [1.29, 1.82) is 0 Å². The number of aryl methyl sites for hydroxylation is 1. The van der Waals surface area contributed by atoms with Crippen LogP contribution < -0.4 is 0 Å². The average Bonchev–Trinajstić information content (AvgIpc) is 3.32. The van der Waals surface area contributed by atoms with E-state index in [0.29, 0.717) is 6.54 Å². The molecule has 0 saturated heterocycles. The second kappa shape index (κ2) is 6.98. The fourth-order valence-corrected chi connectivity index (χ4v) is 3.00. The van der Waals surface area contributed by atoms with Crippen molar-refractivity contribution in [3.8, 4) is 22.4 Å². The molecule has 4 rings (SSSR count). The third kappa shape index (κ3) is 3.43. The predicted octanol–water partition coefficient (Wildman–Crippen LogP) is 3.68. The van der Waals surface area contributed by atoms with Crippen molar-refractivity contribution < 1.29 is 5.11 Å². The Morgan fingerprint density at radius 2 is 1.77 bits per heavy atom. The maximum atomic E-state index is 10.4. The summed E-state index contributed by atoms with van der Waals surface area (Å²) in [6.07, 6.45) is 5.17. The Bertz CT molecular complexity index is 1000. The fraction of sp³-hybridized carbons (Fsp3) is 0.143. The van der Waals surface area contributed by atoms with Crippen molar-refractivity contribution in [3.05, 3.63) is 84.8 Å². The zero-order valence-electron chi connectivity index (χ0n) is 14.5. The highest BCUT2D eigenvalue weighted by molar-refractivity contribution is 5.70. The number of aromatic nitrogens is 4. The van der Waals surface area contributed by atoms with E-state index in [2.05, 4.69) is 22.3 Å². The number of aliphatic hydroxyl groups excluding tert-OH is 1. The lowest BCUT2D eigenvalue weighted by Gasteiger charge is -2.10. The van der Waals surface area contributed by atoms with E-state index in [0.717, 1.165) is 27.9 Å². The maximum Gasteiger partial charge on any atom is 0.0985 e. The monoisotopic (exact) mass is 344 g/mol. The minimum Gasteiger partial charge on any atom is -0.386 e. The summed E-state index contributed by atoms with van der Waals surface area (Å²) in [6, 6.07) is 19.9. The average molecular weight is 344 g/mol. The molecule has 5 heteroatoms. The molecule has 0 bridgehead atoms. The summed E-state index contributed by atoms with van der Waals surface area (Å²) in [5.41, 5.74) is 5.00. The summed E-state index contributed by atoms with van der Waals surface area (Å²) >= 11 is 0. The molecule has 0 saturated carbocycles. The molecule has 0 fully saturated rings. The lowest BCUT2D eigenvalue weighted by molar-refractivity contribution is 0.151. The van der Waals surface area contributed by atoms with Crippen LogP contribution >= 0.6 is 0 Å². The SMILES string of the molecule is Cn1cc(-c2cccc(-c3ccn(C[C@H](O)c4ccccc4)n3)c2)cn1. The van der Waals surface area contributed by atoms with Gasteiger partial charge in [-0.1, -0.05) is 48.5 Å². The standard InChI is InChI=1S/C21H20N4O/c1-24-14-19(13-22-24)17-8-5-9-18(12-17)20-10-11-25(23-20)15-21(26)16-6-3-2-4-7-16/h2-14,21,26H,15H2,1H3/t21-/m0/s1. The maximum absolute atomic E-state index is 10.4. The summed E-state index contributed by atoms with van der Waals surface area (Å²) in [5.74, 6) is 0. The van der Waals surface area contributed by atoms with Gasteiger partial charge >= 0.3 is 0 Å². The number of hydrogen-bond donors (Lipinski definition) is 1. The van der Waals surface area contributed by atoms with Crippen molar-refractivity contribution in [3.63, 3.8) is 0 Å². The lowest BCUT2D eigenvalue weighted by Crippen LogP contribution is -2.09. The van der Waals surface area contributed by atoms with Crippen LogP contribution in [0.5, 0.6) is 0 Å². The Hall–Kier alpha value is -3.18. The smallest absolute Gasteiger partial charge is 0.0985 e. The number of hydrogen-bond acceptors (Lipinski definition) is 3. The summed E-state index contributed by atoms with van der Waals surface area (Å²) in [6.45, 7) is 0.423. The molecule has 0 aliphatic rings. The van der Waals surface area contributed by atoms with Gasteiger partial charge in [-0.05, 0) is 23.3 Å². The van der Waals surface area contributed by atoms with Crippen LogP contribution in [-0.2, 0) is 13.6 Å². The van der Waals surface area contributed by atoms with Crippen molar-refractivity contribution in [2.24, 2.45) is 7.05 Å². The van der Waals surface area contributed by atoms with Gasteiger partial charge in [-0.3, -0.25) is 9.36 Å². The summed E-state index contributed by atoms with van der Waals surface area (Å²) in [5, 5.41) is 19.2. The molecular formula is C21H20N4O. The zero-order chi connectivity index (χ0) is 17.9. The summed E-state index contributed by atoms with van der Waals surface area (Å²) < 4.78 is 3.57. The van der Waals surface area contributed by atoms with Gasteiger partial charge < -0.3 is 5.11 Å². The quantitative estimate of drug-likeness (QED) is 0.601. The molecule has 0 amide bonds. The highest BCUT2D eigenvalue weighted by Crippen LogP contribution is 2.25. The van der Waals surface area contributed by atoms with Gasteiger partial charge in [-0.25, -0.2) is 0 Å². The van der Waals surface area contributed by atoms with E-state index in [9.17, 15) is 5.11 Å². The molecule has 130 valence electrons. The van der Waals surface area contributed by atoms with Crippen molar-refractivity contribution in [2.75, 3.05) is 0 Å². The third-order valence-electron chi connectivity index (χ3n) is 4.38. The number of rotatable bonds is 5. The van der Waals surface area contributed by atoms with Crippen LogP contribution in [0.15, 0.2) is 79.3 Å². The molecule has 26 heavy (non-hydrogen) atoms. The van der Waals surface area contributed by atoms with Crippen LogP contribution in [0.1, 0.15) is 11.7 Å². The Morgan fingerprint density at radius 3 is 2.54 bits per heavy atom. The molecule has 0 unspecified atom stereocenters. The van der Waals surface area contributed by atoms with E-state index >= 15 is 0 Å². The molecule has 0 aliphatic carbocycles. The first-order valence-electron chi connectivity index (χ1n) is 8.55. The number of nitrogens with zero attached hydrogens (tertiary/aromatic N) is 4. The normalized spacial score (nSPS) is 12.2. The molecule has 2 heterocycles. The fourth-order valence-electron chi connectivity index (χ4n) is 3.00. The first-order valence-corrected chi connectivity index (χ1v) is 8.55. The van der Waals surface area contributed by atoms with Crippen LogP contribution in [-0.4, -0.2) is 24.7 Å². The van der Waals surface area contributed by atoms with Crippen LogP contribution in [0, 0.1) is 0 Å². The summed E-state index contributed by atoms with van der Waals surface area (Å²) in [4.78, 5) is 0. The number of aliphatic hydroxyl groups is 1. The lowest BCUT2D eigenvalue weighted by atomic mass is 10.0. The van der Waals surface area contributed by atoms with Gasteiger partial charge in [0.2, 0.25) is 0 Å². The predicted molar refractivity (Wildman–Crippen MR) is 101 cm³/mol. The molecular weight excluding hydrogens is 324 g/mol. The molecule has 1 atom stereocenters. The second-order valence-corrected chi connectivity index (χ2v) is 6.33. The largest absolute Gasteiger partial charge is 0.386 e. The van der Waals surface area contributed by atoms with E-state index in [1.54, 1.807) is 9.36 Å². The van der Waals surface area contributed by atoms with E-state index in [1.807, 2.05) is 74.2 Å². The zero-order valence-corrected chi connectivity index (χ0v) is 14.5. The van der Waals surface area contributed by atoms with Crippen molar-refractivity contribution >= 4 is 0 Å². The molecule has 0 aliphatic heterocycles. The van der Waals surface area contributed by atoms with Gasteiger partial charge in [0.25, 0.3) is 0 Å². The molecule has 0 spiro atoms. The van der Waals surface area contributed by atoms with Crippen molar-refractivity contribution in [1.82, 2.24) is 19.6 Å². The van der Waals surface area contributed by atoms with Gasteiger partial charge in [0.1, 0.15) is 0 Å². The minimum atomic E-state index is -0.578. The molecule has 1 N–H and O–H groups in total. The summed E-state index contributed by atoms with van der Waals surface area (Å²) in [7, 11) is 1.91. The molecule has 2 aromatic carbocycles. The highest BCUT2D eigenvalue weighted by Gasteiger charge is 2.10. The molecule has 4 aromatic rings. The van der Waals surface area contributed by atoms with Crippen LogP contribution in [0.3, 0.4) is 0 Å². The second-order valence-electron chi connectivity index (χ2n) is 6.33. The van der Waals surface area contributed by atoms with Gasteiger partial charge in [-0.2, -0.15) is 10.2 Å². The Balaban J connectivity index is 1.55. The molecule has 0 radical (unpaired) electrons. The molecule has 5 nitrogen and oxygen atoms in total. The van der Waals surface area contributed by atoms with Gasteiger partial charge in [-0.15, -0.1) is 0 Å². The molecule has 2 aromatic heterocycles.